The molecule has 2 atom stereocenters. The number of likely N-dealkylation sites (tertiary alicyclic amines) is 1. The van der Waals surface area contributed by atoms with Crippen LogP contribution in [0.15, 0.2) is 24.3 Å². The smallest absolute Gasteiger partial charge is 0.321 e. The van der Waals surface area contributed by atoms with Gasteiger partial charge in [-0.25, -0.2) is 4.79 Å². The molecular weight excluding hydrogens is 318 g/mol. The molecule has 2 rings (SSSR count). The third-order valence-corrected chi connectivity index (χ3v) is 4.39. The molecule has 1 aromatic carbocycles. The molecule has 3 amide bonds. The monoisotopic (exact) mass is 347 g/mol. The van der Waals surface area contributed by atoms with E-state index in [0.717, 1.165) is 25.0 Å². The number of carbonyl (C=O) groups excluding carboxylic acids is 2. The number of anilines is 1. The number of benzene rings is 1. The standard InChI is InChI=1S/C19H29N3O3/c1-4-14(3)25-17-10-6-8-15(12-17)21-19(24)22-11-7-9-16(13-22)20-18(23)5-2/h6,8,10,12,14,16H,4-5,7,9,11,13H2,1-3H3,(H,20,23)(H,21,24)/t14-,16+/m0/s1. The molecule has 138 valence electrons. The van der Waals surface area contributed by atoms with Crippen LogP contribution in [0.4, 0.5) is 10.5 Å². The van der Waals surface area contributed by atoms with Crippen molar-refractivity contribution in [1.29, 1.82) is 0 Å². The van der Waals surface area contributed by atoms with E-state index in [2.05, 4.69) is 17.6 Å². The molecule has 0 aromatic heterocycles. The van der Waals surface area contributed by atoms with E-state index in [1.807, 2.05) is 38.1 Å². The summed E-state index contributed by atoms with van der Waals surface area (Å²) in [5.74, 6) is 0.779. The van der Waals surface area contributed by atoms with Crippen molar-refractivity contribution in [3.8, 4) is 5.75 Å². The van der Waals surface area contributed by atoms with E-state index >= 15 is 0 Å². The summed E-state index contributed by atoms with van der Waals surface area (Å²) in [6.07, 6.45) is 3.32. The van der Waals surface area contributed by atoms with Crippen molar-refractivity contribution in [2.45, 2.75) is 58.6 Å². The van der Waals surface area contributed by atoms with Crippen molar-refractivity contribution in [2.75, 3.05) is 18.4 Å². The largest absolute Gasteiger partial charge is 0.491 e. The van der Waals surface area contributed by atoms with Gasteiger partial charge in [-0.2, -0.15) is 0 Å². The summed E-state index contributed by atoms with van der Waals surface area (Å²) in [6, 6.07) is 7.34. The highest BCUT2D eigenvalue weighted by Gasteiger charge is 2.24. The summed E-state index contributed by atoms with van der Waals surface area (Å²) < 4.78 is 5.79. The first-order chi connectivity index (χ1) is 12.0. The van der Waals surface area contributed by atoms with Crippen LogP contribution in [0.2, 0.25) is 0 Å². The predicted molar refractivity (Wildman–Crippen MR) is 98.9 cm³/mol. The van der Waals surface area contributed by atoms with Gasteiger partial charge in [-0.3, -0.25) is 4.79 Å². The van der Waals surface area contributed by atoms with Crippen molar-refractivity contribution in [2.24, 2.45) is 0 Å². The van der Waals surface area contributed by atoms with Crippen LogP contribution in [0.1, 0.15) is 46.5 Å². The van der Waals surface area contributed by atoms with E-state index in [9.17, 15) is 9.59 Å². The fourth-order valence-corrected chi connectivity index (χ4v) is 2.77. The third-order valence-electron chi connectivity index (χ3n) is 4.39. The van der Waals surface area contributed by atoms with Crippen molar-refractivity contribution in [3.63, 3.8) is 0 Å². The zero-order chi connectivity index (χ0) is 18.2. The molecule has 0 aliphatic carbocycles. The van der Waals surface area contributed by atoms with E-state index in [0.29, 0.717) is 25.2 Å². The minimum atomic E-state index is -0.142. The Labute approximate surface area is 149 Å². The maximum absolute atomic E-state index is 12.5. The van der Waals surface area contributed by atoms with E-state index < -0.39 is 0 Å². The van der Waals surface area contributed by atoms with Crippen molar-refractivity contribution in [3.05, 3.63) is 24.3 Å². The molecule has 6 nitrogen and oxygen atoms in total. The number of rotatable bonds is 6. The summed E-state index contributed by atoms with van der Waals surface area (Å²) >= 11 is 0. The Bertz CT molecular complexity index is 591. The fourth-order valence-electron chi connectivity index (χ4n) is 2.77. The Balaban J connectivity index is 1.92. The number of hydrogen-bond donors (Lipinski definition) is 2. The first-order valence-corrected chi connectivity index (χ1v) is 9.13. The SMILES string of the molecule is CCC(=O)N[C@@H]1CCCN(C(=O)Nc2cccc(O[C@@H](C)CC)c2)C1. The van der Waals surface area contributed by atoms with Gasteiger partial charge in [0.1, 0.15) is 5.75 Å². The maximum atomic E-state index is 12.5. The van der Waals surface area contributed by atoms with Crippen LogP contribution >= 0.6 is 0 Å². The summed E-state index contributed by atoms with van der Waals surface area (Å²) in [6.45, 7) is 7.16. The molecule has 1 saturated heterocycles. The van der Waals surface area contributed by atoms with Crippen LogP contribution in [-0.4, -0.2) is 42.1 Å². The van der Waals surface area contributed by atoms with E-state index in [4.69, 9.17) is 4.74 Å². The molecule has 0 radical (unpaired) electrons. The van der Waals surface area contributed by atoms with E-state index in [-0.39, 0.29) is 24.1 Å². The number of nitrogens with zero attached hydrogens (tertiary/aromatic N) is 1. The summed E-state index contributed by atoms with van der Waals surface area (Å²) in [4.78, 5) is 25.8. The molecule has 0 bridgehead atoms. The van der Waals surface area contributed by atoms with Crippen LogP contribution in [-0.2, 0) is 4.79 Å². The lowest BCUT2D eigenvalue weighted by Crippen LogP contribution is -2.50. The Morgan fingerprint density at radius 2 is 2.16 bits per heavy atom. The van der Waals surface area contributed by atoms with Gasteiger partial charge in [-0.15, -0.1) is 0 Å². The van der Waals surface area contributed by atoms with Gasteiger partial charge >= 0.3 is 6.03 Å². The minimum Gasteiger partial charge on any atom is -0.491 e. The van der Waals surface area contributed by atoms with Gasteiger partial charge in [0, 0.05) is 37.3 Å². The molecule has 1 aliphatic heterocycles. The number of nitrogens with one attached hydrogen (secondary N) is 2. The molecule has 0 unspecified atom stereocenters. The van der Waals surface area contributed by atoms with Crippen LogP contribution in [0.25, 0.3) is 0 Å². The van der Waals surface area contributed by atoms with Crippen LogP contribution in [0.5, 0.6) is 5.75 Å². The molecule has 25 heavy (non-hydrogen) atoms. The highest BCUT2D eigenvalue weighted by Crippen LogP contribution is 2.20. The zero-order valence-corrected chi connectivity index (χ0v) is 15.4. The highest BCUT2D eigenvalue weighted by molar-refractivity contribution is 5.89. The topological polar surface area (TPSA) is 70.7 Å². The van der Waals surface area contributed by atoms with Crippen LogP contribution in [0.3, 0.4) is 0 Å². The minimum absolute atomic E-state index is 0.0298. The Hall–Kier alpha value is -2.24. The fraction of sp³-hybridized carbons (Fsp3) is 0.579. The van der Waals surface area contributed by atoms with E-state index in [1.54, 1.807) is 4.90 Å². The molecule has 1 aliphatic rings. The molecule has 1 aromatic rings. The normalized spacial score (nSPS) is 18.4. The van der Waals surface area contributed by atoms with Gasteiger partial charge < -0.3 is 20.3 Å². The van der Waals surface area contributed by atoms with Crippen LogP contribution in [0, 0.1) is 0 Å². The van der Waals surface area contributed by atoms with Gasteiger partial charge in [-0.1, -0.05) is 19.9 Å². The summed E-state index contributed by atoms with van der Waals surface area (Å²) in [5.41, 5.74) is 0.713. The van der Waals surface area contributed by atoms with Gasteiger partial charge in [0.2, 0.25) is 5.91 Å². The van der Waals surface area contributed by atoms with E-state index in [1.165, 1.54) is 0 Å². The van der Waals surface area contributed by atoms with Gasteiger partial charge in [0.25, 0.3) is 0 Å². The maximum Gasteiger partial charge on any atom is 0.321 e. The average Bonchev–Trinajstić information content (AvgIpc) is 2.62. The average molecular weight is 347 g/mol. The van der Waals surface area contributed by atoms with Crippen molar-refractivity contribution in [1.82, 2.24) is 10.2 Å². The number of hydrogen-bond acceptors (Lipinski definition) is 3. The quantitative estimate of drug-likeness (QED) is 0.829. The lowest BCUT2D eigenvalue weighted by molar-refractivity contribution is -0.121. The van der Waals surface area contributed by atoms with Gasteiger partial charge in [0.15, 0.2) is 0 Å². The third kappa shape index (κ3) is 5.96. The van der Waals surface area contributed by atoms with Crippen molar-refractivity contribution < 1.29 is 14.3 Å². The Morgan fingerprint density at radius 3 is 2.88 bits per heavy atom. The first kappa shape index (κ1) is 19.1. The first-order valence-electron chi connectivity index (χ1n) is 9.13. The van der Waals surface area contributed by atoms with Crippen molar-refractivity contribution >= 4 is 17.6 Å². The zero-order valence-electron chi connectivity index (χ0n) is 15.4. The number of carbonyl (C=O) groups is 2. The molecule has 0 spiro atoms. The lowest BCUT2D eigenvalue weighted by atomic mass is 10.1. The number of urea groups is 1. The second kappa shape index (κ2) is 9.30. The van der Waals surface area contributed by atoms with Gasteiger partial charge in [-0.05, 0) is 38.3 Å². The summed E-state index contributed by atoms with van der Waals surface area (Å²) in [5, 5.41) is 5.90. The summed E-state index contributed by atoms with van der Waals surface area (Å²) in [7, 11) is 0. The molecule has 1 fully saturated rings. The Morgan fingerprint density at radius 1 is 1.36 bits per heavy atom. The van der Waals surface area contributed by atoms with Crippen LogP contribution < -0.4 is 15.4 Å². The number of amides is 3. The number of ether oxygens (including phenoxy) is 1. The molecule has 0 saturated carbocycles. The molecular formula is C19H29N3O3. The lowest BCUT2D eigenvalue weighted by Gasteiger charge is -2.33. The second-order valence-corrected chi connectivity index (χ2v) is 6.50. The second-order valence-electron chi connectivity index (χ2n) is 6.50. The Kier molecular flexibility index (Phi) is 7.10. The highest BCUT2D eigenvalue weighted by atomic mass is 16.5. The molecule has 6 heteroatoms. The molecule has 1 heterocycles. The molecule has 2 N–H and O–H groups in total. The predicted octanol–water partition coefficient (Wildman–Crippen LogP) is 3.39. The van der Waals surface area contributed by atoms with Gasteiger partial charge in [0.05, 0.1) is 6.10 Å². The number of piperidine rings is 1.